The number of carbonyl (C=O) groups is 2. The fraction of sp³-hybridized carbons (Fsp3) is 0.727. The van der Waals surface area contributed by atoms with E-state index in [9.17, 15) is 9.59 Å². The first kappa shape index (κ1) is 12.5. The summed E-state index contributed by atoms with van der Waals surface area (Å²) in [7, 11) is 0. The molecule has 0 bridgehead atoms. The SMILES string of the molecule is CC(C)(C#N)CCCCN1CC(=O)NC1=O. The number of carbonyl (C=O) groups excluding carboxylic acids is 2. The molecule has 0 aromatic carbocycles. The molecule has 16 heavy (non-hydrogen) atoms. The van der Waals surface area contributed by atoms with Crippen molar-refractivity contribution < 1.29 is 9.59 Å². The van der Waals surface area contributed by atoms with Crippen LogP contribution in [0.2, 0.25) is 0 Å². The highest BCUT2D eigenvalue weighted by Gasteiger charge is 2.26. The predicted molar refractivity (Wildman–Crippen MR) is 58.4 cm³/mol. The zero-order valence-electron chi connectivity index (χ0n) is 9.75. The van der Waals surface area contributed by atoms with Gasteiger partial charge >= 0.3 is 6.03 Å². The lowest BCUT2D eigenvalue weighted by Crippen LogP contribution is -2.29. The molecule has 1 aliphatic heterocycles. The van der Waals surface area contributed by atoms with Gasteiger partial charge in [0.2, 0.25) is 5.91 Å². The number of hydrogen-bond donors (Lipinski definition) is 1. The number of urea groups is 1. The van der Waals surface area contributed by atoms with E-state index in [1.54, 1.807) is 0 Å². The first-order valence-electron chi connectivity index (χ1n) is 5.45. The summed E-state index contributed by atoms with van der Waals surface area (Å²) in [5.41, 5.74) is -0.302. The highest BCUT2D eigenvalue weighted by atomic mass is 16.2. The van der Waals surface area contributed by atoms with Crippen LogP contribution < -0.4 is 5.32 Å². The Morgan fingerprint density at radius 3 is 2.62 bits per heavy atom. The second kappa shape index (κ2) is 4.97. The van der Waals surface area contributed by atoms with Gasteiger partial charge in [-0.3, -0.25) is 10.1 Å². The van der Waals surface area contributed by atoms with Gasteiger partial charge < -0.3 is 4.90 Å². The molecule has 0 unspecified atom stereocenters. The highest BCUT2D eigenvalue weighted by molar-refractivity contribution is 6.01. The Hall–Kier alpha value is -1.57. The fourth-order valence-electron chi connectivity index (χ4n) is 1.59. The van der Waals surface area contributed by atoms with Gasteiger partial charge in [-0.2, -0.15) is 5.26 Å². The Morgan fingerprint density at radius 1 is 1.44 bits per heavy atom. The minimum absolute atomic E-state index is 0.167. The Labute approximate surface area is 95.4 Å². The number of unbranched alkanes of at least 4 members (excludes halogenated alkanes) is 1. The molecule has 1 aliphatic rings. The van der Waals surface area contributed by atoms with Gasteiger partial charge in [-0.1, -0.05) is 6.42 Å². The maximum absolute atomic E-state index is 11.2. The molecule has 0 saturated carbocycles. The van der Waals surface area contributed by atoms with E-state index in [0.717, 1.165) is 19.3 Å². The minimum atomic E-state index is -0.302. The summed E-state index contributed by atoms with van der Waals surface area (Å²) in [5.74, 6) is -0.234. The van der Waals surface area contributed by atoms with Crippen LogP contribution in [0.15, 0.2) is 0 Å². The Balaban J connectivity index is 2.20. The van der Waals surface area contributed by atoms with Crippen molar-refractivity contribution in [1.29, 1.82) is 5.26 Å². The summed E-state index contributed by atoms with van der Waals surface area (Å²) in [4.78, 5) is 23.6. The quantitative estimate of drug-likeness (QED) is 0.563. The average molecular weight is 223 g/mol. The topological polar surface area (TPSA) is 73.2 Å². The number of amides is 3. The lowest BCUT2D eigenvalue weighted by molar-refractivity contribution is -0.118. The molecule has 0 aliphatic carbocycles. The monoisotopic (exact) mass is 223 g/mol. The van der Waals surface area contributed by atoms with Gasteiger partial charge in [0.25, 0.3) is 0 Å². The predicted octanol–water partition coefficient (Wildman–Crippen LogP) is 1.26. The van der Waals surface area contributed by atoms with Gasteiger partial charge in [0.05, 0.1) is 11.5 Å². The second-order valence-corrected chi connectivity index (χ2v) is 4.73. The van der Waals surface area contributed by atoms with Crippen LogP contribution in [0.3, 0.4) is 0 Å². The molecule has 0 aromatic rings. The number of imide groups is 1. The van der Waals surface area contributed by atoms with E-state index in [2.05, 4.69) is 11.4 Å². The van der Waals surface area contributed by atoms with E-state index in [4.69, 9.17) is 5.26 Å². The number of hydrogen-bond acceptors (Lipinski definition) is 3. The average Bonchev–Trinajstić information content (AvgIpc) is 2.52. The molecule has 88 valence electrons. The van der Waals surface area contributed by atoms with Crippen molar-refractivity contribution >= 4 is 11.9 Å². The van der Waals surface area contributed by atoms with Crippen LogP contribution >= 0.6 is 0 Å². The van der Waals surface area contributed by atoms with Crippen molar-refractivity contribution in [3.05, 3.63) is 0 Å². The maximum Gasteiger partial charge on any atom is 0.324 e. The third-order valence-electron chi connectivity index (χ3n) is 2.65. The zero-order chi connectivity index (χ0) is 12.2. The molecule has 0 spiro atoms. The largest absolute Gasteiger partial charge is 0.324 e. The van der Waals surface area contributed by atoms with E-state index in [1.807, 2.05) is 13.8 Å². The molecular weight excluding hydrogens is 206 g/mol. The van der Waals surface area contributed by atoms with Crippen LogP contribution in [-0.2, 0) is 4.79 Å². The highest BCUT2D eigenvalue weighted by Crippen LogP contribution is 2.21. The molecule has 5 nitrogen and oxygen atoms in total. The van der Waals surface area contributed by atoms with Crippen molar-refractivity contribution in [1.82, 2.24) is 10.2 Å². The summed E-state index contributed by atoms with van der Waals surface area (Å²) in [6, 6.07) is 1.94. The van der Waals surface area contributed by atoms with Crippen LogP contribution in [0.4, 0.5) is 4.79 Å². The van der Waals surface area contributed by atoms with E-state index in [0.29, 0.717) is 6.54 Å². The standard InChI is InChI=1S/C11H17N3O2/c1-11(2,8-12)5-3-4-6-14-7-9(15)13-10(14)16/h3-7H2,1-2H3,(H,13,15,16). The molecule has 3 amide bonds. The van der Waals surface area contributed by atoms with Crippen molar-refractivity contribution in [3.8, 4) is 6.07 Å². The van der Waals surface area contributed by atoms with Crippen LogP contribution in [-0.4, -0.2) is 29.9 Å². The van der Waals surface area contributed by atoms with Crippen molar-refractivity contribution in [3.63, 3.8) is 0 Å². The molecule has 1 fully saturated rings. The second-order valence-electron chi connectivity index (χ2n) is 4.73. The van der Waals surface area contributed by atoms with Gasteiger partial charge in [-0.05, 0) is 26.7 Å². The zero-order valence-corrected chi connectivity index (χ0v) is 9.75. The summed E-state index contributed by atoms with van der Waals surface area (Å²) >= 11 is 0. The van der Waals surface area contributed by atoms with E-state index in [-0.39, 0.29) is 23.9 Å². The third kappa shape index (κ3) is 3.54. The molecule has 0 radical (unpaired) electrons. The molecular formula is C11H17N3O2. The number of nitriles is 1. The van der Waals surface area contributed by atoms with Gasteiger partial charge in [0.1, 0.15) is 6.54 Å². The van der Waals surface area contributed by atoms with Crippen molar-refractivity contribution in [2.75, 3.05) is 13.1 Å². The van der Waals surface area contributed by atoms with Crippen molar-refractivity contribution in [2.24, 2.45) is 5.41 Å². The first-order chi connectivity index (χ1) is 7.44. The van der Waals surface area contributed by atoms with Crippen LogP contribution in [0, 0.1) is 16.7 Å². The van der Waals surface area contributed by atoms with Crippen molar-refractivity contribution in [2.45, 2.75) is 33.1 Å². The van der Waals surface area contributed by atoms with Gasteiger partial charge in [0.15, 0.2) is 0 Å². The molecule has 1 N–H and O–H groups in total. The van der Waals surface area contributed by atoms with E-state index < -0.39 is 0 Å². The molecule has 5 heteroatoms. The first-order valence-corrected chi connectivity index (χ1v) is 5.45. The van der Waals surface area contributed by atoms with Crippen LogP contribution in [0.1, 0.15) is 33.1 Å². The summed E-state index contributed by atoms with van der Waals surface area (Å²) in [6.45, 7) is 4.55. The smallest absolute Gasteiger partial charge is 0.315 e. The molecule has 0 atom stereocenters. The Bertz CT molecular complexity index is 331. The summed E-state index contributed by atoms with van der Waals surface area (Å²) in [6.07, 6.45) is 2.53. The van der Waals surface area contributed by atoms with E-state index in [1.165, 1.54) is 4.90 Å². The normalized spacial score (nSPS) is 16.2. The Morgan fingerprint density at radius 2 is 2.12 bits per heavy atom. The van der Waals surface area contributed by atoms with Crippen LogP contribution in [0.5, 0.6) is 0 Å². The molecule has 1 rings (SSSR count). The minimum Gasteiger partial charge on any atom is -0.315 e. The molecule has 0 aromatic heterocycles. The maximum atomic E-state index is 11.2. The molecule has 1 saturated heterocycles. The number of nitrogens with zero attached hydrogens (tertiary/aromatic N) is 2. The molecule has 1 heterocycles. The van der Waals surface area contributed by atoms with Gasteiger partial charge in [0, 0.05) is 6.54 Å². The fourth-order valence-corrected chi connectivity index (χ4v) is 1.59. The van der Waals surface area contributed by atoms with Gasteiger partial charge in [-0.25, -0.2) is 4.79 Å². The lowest BCUT2D eigenvalue weighted by atomic mass is 9.89. The van der Waals surface area contributed by atoms with E-state index >= 15 is 0 Å². The lowest BCUT2D eigenvalue weighted by Gasteiger charge is -2.16. The Kier molecular flexibility index (Phi) is 3.88. The van der Waals surface area contributed by atoms with Gasteiger partial charge in [-0.15, -0.1) is 0 Å². The number of nitrogens with one attached hydrogen (secondary N) is 1. The van der Waals surface area contributed by atoms with Crippen LogP contribution in [0.25, 0.3) is 0 Å². The summed E-state index contributed by atoms with van der Waals surface area (Å²) < 4.78 is 0. The third-order valence-corrected chi connectivity index (χ3v) is 2.65. The summed E-state index contributed by atoms with van der Waals surface area (Å²) in [5, 5.41) is 11.0. The number of rotatable bonds is 5.